The molecule has 0 spiro atoms. The fraction of sp³-hybridized carbons (Fsp3) is 0.545. The quantitative estimate of drug-likeness (QED) is 0.393. The van der Waals surface area contributed by atoms with E-state index in [0.29, 0.717) is 44.2 Å². The number of nitrogens with one attached hydrogen (secondary N) is 1. The Kier molecular flexibility index (Phi) is 9.32. The predicted molar refractivity (Wildman–Crippen MR) is 169 cm³/mol. The average Bonchev–Trinajstić information content (AvgIpc) is 3.49. The molecule has 1 aromatic carbocycles. The third-order valence-electron chi connectivity index (χ3n) is 9.00. The Morgan fingerprint density at radius 2 is 1.71 bits per heavy atom. The number of aryl methyl sites for hydroxylation is 1. The van der Waals surface area contributed by atoms with Crippen LogP contribution in [0, 0.1) is 5.92 Å². The number of fused-ring (bicyclic) bond motifs is 1. The van der Waals surface area contributed by atoms with Crippen LogP contribution < -0.4 is 10.1 Å². The molecule has 2 fully saturated rings. The molecule has 240 valence electrons. The highest BCUT2D eigenvalue weighted by Gasteiger charge is 2.36. The number of carbonyl (C=O) groups excluding carboxylic acids is 2. The molecule has 45 heavy (non-hydrogen) atoms. The lowest BCUT2D eigenvalue weighted by molar-refractivity contribution is -0.0139. The zero-order valence-electron chi connectivity index (χ0n) is 26.4. The number of piperidine rings is 2. The van der Waals surface area contributed by atoms with Crippen molar-refractivity contribution in [3.63, 3.8) is 0 Å². The zero-order chi connectivity index (χ0) is 31.5. The number of aliphatic hydroxyl groups excluding tert-OH is 1. The predicted octanol–water partition coefficient (Wildman–Crippen LogP) is 2.60. The number of ether oxygens (including phenoxy) is 1. The van der Waals surface area contributed by atoms with Gasteiger partial charge in [-0.25, -0.2) is 0 Å². The molecule has 5 heterocycles. The Morgan fingerprint density at radius 1 is 0.978 bits per heavy atom. The van der Waals surface area contributed by atoms with Gasteiger partial charge < -0.3 is 25.0 Å². The Hall–Kier alpha value is -4.03. The van der Waals surface area contributed by atoms with Gasteiger partial charge in [-0.15, -0.1) is 0 Å². The summed E-state index contributed by atoms with van der Waals surface area (Å²) in [5.74, 6) is 0.474. The van der Waals surface area contributed by atoms with Crippen LogP contribution in [0.5, 0.6) is 6.01 Å². The van der Waals surface area contributed by atoms with Gasteiger partial charge in [-0.2, -0.15) is 15.1 Å². The van der Waals surface area contributed by atoms with Crippen molar-refractivity contribution in [3.05, 3.63) is 65.1 Å². The number of aliphatic hydroxyl groups is 1. The normalized spacial score (nSPS) is 21.1. The summed E-state index contributed by atoms with van der Waals surface area (Å²) in [6.45, 7) is 8.21. The highest BCUT2D eigenvalue weighted by Crippen LogP contribution is 2.27. The number of amides is 2. The molecule has 0 radical (unpaired) electrons. The molecule has 12 heteroatoms. The number of hydrogen-bond acceptors (Lipinski definition) is 9. The van der Waals surface area contributed by atoms with E-state index in [1.807, 2.05) is 18.7 Å². The van der Waals surface area contributed by atoms with Crippen molar-refractivity contribution in [2.45, 2.75) is 64.3 Å². The summed E-state index contributed by atoms with van der Waals surface area (Å²) in [6, 6.07) is 12.1. The second kappa shape index (κ2) is 13.5. The molecule has 2 amide bonds. The van der Waals surface area contributed by atoms with Gasteiger partial charge in [0.05, 0.1) is 12.7 Å². The second-order valence-corrected chi connectivity index (χ2v) is 12.9. The summed E-state index contributed by atoms with van der Waals surface area (Å²) in [5.41, 5.74) is 3.38. The number of carbonyl (C=O) groups is 2. The maximum atomic E-state index is 13.8. The molecule has 2 N–H and O–H groups in total. The first-order chi connectivity index (χ1) is 21.7. The number of β-amino-alcohol motifs (C(OH)–C–C–N with tert-alkyl or cyclic N) is 1. The van der Waals surface area contributed by atoms with E-state index in [2.05, 4.69) is 49.5 Å². The molecule has 3 aromatic rings. The summed E-state index contributed by atoms with van der Waals surface area (Å²) in [4.78, 5) is 41.5. The first kappa shape index (κ1) is 31.0. The zero-order valence-corrected chi connectivity index (χ0v) is 26.4. The average molecular weight is 617 g/mol. The molecule has 0 saturated carbocycles. The number of benzene rings is 1. The van der Waals surface area contributed by atoms with Crippen molar-refractivity contribution in [2.75, 3.05) is 44.6 Å². The van der Waals surface area contributed by atoms with Gasteiger partial charge in [0.25, 0.3) is 11.8 Å². The number of anilines is 1. The lowest BCUT2D eigenvalue weighted by Gasteiger charge is -2.43. The van der Waals surface area contributed by atoms with E-state index in [4.69, 9.17) is 4.74 Å². The summed E-state index contributed by atoms with van der Waals surface area (Å²) < 4.78 is 7.50. The molecule has 0 unspecified atom stereocenters. The van der Waals surface area contributed by atoms with Gasteiger partial charge in [0.15, 0.2) is 0 Å². The molecule has 3 aliphatic rings. The maximum Gasteiger partial charge on any atom is 0.319 e. The maximum absolute atomic E-state index is 13.8. The van der Waals surface area contributed by atoms with Crippen molar-refractivity contribution in [1.82, 2.24) is 34.4 Å². The Labute approximate surface area is 264 Å². The van der Waals surface area contributed by atoms with Crippen LogP contribution in [0.15, 0.2) is 42.6 Å². The van der Waals surface area contributed by atoms with Crippen molar-refractivity contribution in [1.29, 1.82) is 0 Å². The van der Waals surface area contributed by atoms with Crippen LogP contribution in [-0.4, -0.2) is 109 Å². The fourth-order valence-corrected chi connectivity index (χ4v) is 6.53. The smallest absolute Gasteiger partial charge is 0.319 e. The van der Waals surface area contributed by atoms with Crippen molar-refractivity contribution < 1.29 is 19.4 Å². The number of hydrogen-bond donors (Lipinski definition) is 2. The van der Waals surface area contributed by atoms with Crippen molar-refractivity contribution >= 4 is 17.6 Å². The molecule has 2 aromatic heterocycles. The minimum atomic E-state index is -0.650. The first-order valence-corrected chi connectivity index (χ1v) is 16.1. The molecule has 0 aliphatic carbocycles. The highest BCUT2D eigenvalue weighted by molar-refractivity contribution is 5.93. The Balaban J connectivity index is 1.10. The second-order valence-electron chi connectivity index (χ2n) is 12.9. The van der Waals surface area contributed by atoms with Gasteiger partial charge in [0.2, 0.25) is 0 Å². The van der Waals surface area contributed by atoms with E-state index in [1.54, 1.807) is 35.0 Å². The van der Waals surface area contributed by atoms with Gasteiger partial charge in [-0.1, -0.05) is 38.1 Å². The van der Waals surface area contributed by atoms with Crippen molar-refractivity contribution in [2.24, 2.45) is 13.0 Å². The van der Waals surface area contributed by atoms with Crippen molar-refractivity contribution in [3.8, 4) is 6.01 Å². The van der Waals surface area contributed by atoms with E-state index >= 15 is 0 Å². The minimum Gasteiger partial charge on any atom is -0.463 e. The fourth-order valence-electron chi connectivity index (χ4n) is 6.53. The van der Waals surface area contributed by atoms with Crippen LogP contribution in [0.25, 0.3) is 0 Å². The molecular formula is C33H44N8O4. The highest BCUT2D eigenvalue weighted by atomic mass is 16.5. The summed E-state index contributed by atoms with van der Waals surface area (Å²) in [7, 11) is 1.80. The molecule has 2 saturated heterocycles. The lowest BCUT2D eigenvalue weighted by atomic mass is 9.94. The van der Waals surface area contributed by atoms with Gasteiger partial charge in [0, 0.05) is 70.7 Å². The SMILES string of the molecule is CC(C)COc1nc(NC2CCN(C(=O)c3ccn(C)n3)CC2)cc(C(=O)N2CC[C@@H](N3CCc4ccccc4C3)[C@H](O)C2)n1. The van der Waals surface area contributed by atoms with Gasteiger partial charge >= 0.3 is 6.01 Å². The lowest BCUT2D eigenvalue weighted by Crippen LogP contribution is -2.56. The van der Waals surface area contributed by atoms with E-state index in [0.717, 1.165) is 32.4 Å². The summed E-state index contributed by atoms with van der Waals surface area (Å²) >= 11 is 0. The van der Waals surface area contributed by atoms with E-state index in [9.17, 15) is 14.7 Å². The molecule has 2 atom stereocenters. The molecule has 0 bridgehead atoms. The number of likely N-dealkylation sites (tertiary alicyclic amines) is 2. The van der Waals surface area contributed by atoms with Gasteiger partial charge in [-0.3, -0.25) is 19.2 Å². The Morgan fingerprint density at radius 3 is 2.42 bits per heavy atom. The van der Waals surface area contributed by atoms with E-state index in [-0.39, 0.29) is 48.1 Å². The van der Waals surface area contributed by atoms with Crippen LogP contribution in [-0.2, 0) is 20.0 Å². The molecular weight excluding hydrogens is 572 g/mol. The molecule has 3 aliphatic heterocycles. The number of rotatable bonds is 8. The first-order valence-electron chi connectivity index (χ1n) is 16.1. The van der Waals surface area contributed by atoms with Crippen LogP contribution >= 0.6 is 0 Å². The van der Waals surface area contributed by atoms with Crippen LogP contribution in [0.4, 0.5) is 5.82 Å². The number of aromatic nitrogens is 4. The summed E-state index contributed by atoms with van der Waals surface area (Å²) in [5, 5.41) is 18.9. The van der Waals surface area contributed by atoms with Gasteiger partial charge in [0.1, 0.15) is 17.2 Å². The van der Waals surface area contributed by atoms with Crippen LogP contribution in [0.2, 0.25) is 0 Å². The monoisotopic (exact) mass is 616 g/mol. The largest absolute Gasteiger partial charge is 0.463 e. The van der Waals surface area contributed by atoms with Crippen LogP contribution in [0.1, 0.15) is 65.2 Å². The Bertz CT molecular complexity index is 1500. The van der Waals surface area contributed by atoms with Crippen LogP contribution in [0.3, 0.4) is 0 Å². The van der Waals surface area contributed by atoms with E-state index in [1.165, 1.54) is 11.1 Å². The topological polar surface area (TPSA) is 129 Å². The molecule has 12 nitrogen and oxygen atoms in total. The summed E-state index contributed by atoms with van der Waals surface area (Å²) in [6.07, 6.45) is 4.24. The third-order valence-corrected chi connectivity index (χ3v) is 9.00. The number of nitrogens with zero attached hydrogens (tertiary/aromatic N) is 7. The standard InChI is InChI=1S/C33H44N8O4/c1-22(2)21-45-33-35-27(18-30(36-33)34-25-9-15-39(16-10-25)31(43)26-11-13-38(3)37-26)32(44)41-17-12-28(29(42)20-41)40-14-8-23-6-4-5-7-24(23)19-40/h4-7,11,13,18,22,25,28-29,42H,8-10,12,14-17,19-21H2,1-3H3,(H,34,35,36)/t28-,29-/m1/s1. The minimum absolute atomic E-state index is 0.00499. The van der Waals surface area contributed by atoms with E-state index < -0.39 is 6.10 Å². The van der Waals surface area contributed by atoms with Gasteiger partial charge in [-0.05, 0) is 48.8 Å². The third kappa shape index (κ3) is 7.28. The molecule has 6 rings (SSSR count).